The van der Waals surface area contributed by atoms with E-state index in [1.165, 1.54) is 16.2 Å². The summed E-state index contributed by atoms with van der Waals surface area (Å²) in [6.45, 7) is 1.98. The number of aryl methyl sites for hydroxylation is 1. The van der Waals surface area contributed by atoms with Crippen molar-refractivity contribution in [2.75, 3.05) is 12.0 Å². The van der Waals surface area contributed by atoms with Crippen LogP contribution in [0.25, 0.3) is 16.0 Å². The lowest BCUT2D eigenvalue weighted by Crippen LogP contribution is -2.29. The lowest BCUT2D eigenvalue weighted by Gasteiger charge is -2.23. The topological polar surface area (TPSA) is 79.7 Å². The van der Waals surface area contributed by atoms with Crippen molar-refractivity contribution in [3.63, 3.8) is 0 Å². The van der Waals surface area contributed by atoms with Crippen LogP contribution in [-0.2, 0) is 9.59 Å². The minimum absolute atomic E-state index is 0.00655. The van der Waals surface area contributed by atoms with Crippen molar-refractivity contribution in [1.82, 2.24) is 4.98 Å². The molecule has 3 aromatic carbocycles. The van der Waals surface area contributed by atoms with Crippen LogP contribution < -0.4 is 9.64 Å². The molecule has 170 valence electrons. The number of rotatable bonds is 4. The quantitative estimate of drug-likeness (QED) is 0.219. The molecule has 4 aromatic rings. The van der Waals surface area contributed by atoms with Gasteiger partial charge in [0.05, 0.1) is 28.9 Å². The summed E-state index contributed by atoms with van der Waals surface area (Å²) in [5.74, 6) is -1.18. The number of benzene rings is 3. The molecule has 6 nitrogen and oxygen atoms in total. The number of nitrogens with zero attached hydrogens (tertiary/aromatic N) is 2. The van der Waals surface area contributed by atoms with Gasteiger partial charge in [-0.1, -0.05) is 41.1 Å². The number of ketones is 1. The summed E-state index contributed by atoms with van der Waals surface area (Å²) < 4.78 is 6.08. The first-order valence-electron chi connectivity index (χ1n) is 10.5. The first kappa shape index (κ1) is 22.1. The Morgan fingerprint density at radius 3 is 2.44 bits per heavy atom. The highest BCUT2D eigenvalue weighted by molar-refractivity contribution is 7.22. The predicted molar refractivity (Wildman–Crippen MR) is 134 cm³/mol. The Labute approximate surface area is 204 Å². The van der Waals surface area contributed by atoms with Gasteiger partial charge in [-0.2, -0.15) is 0 Å². The van der Waals surface area contributed by atoms with Gasteiger partial charge in [-0.05, 0) is 66.6 Å². The van der Waals surface area contributed by atoms with Crippen LogP contribution in [0, 0.1) is 6.92 Å². The van der Waals surface area contributed by atoms with E-state index in [1.807, 2.05) is 25.1 Å². The van der Waals surface area contributed by atoms with Gasteiger partial charge in [0, 0.05) is 10.6 Å². The fourth-order valence-corrected chi connectivity index (χ4v) is 5.23. The maximum absolute atomic E-state index is 13.3. The van der Waals surface area contributed by atoms with Crippen LogP contribution in [-0.4, -0.2) is 28.9 Å². The van der Waals surface area contributed by atoms with Crippen LogP contribution in [0.1, 0.15) is 22.7 Å². The average molecular weight is 491 g/mol. The molecule has 34 heavy (non-hydrogen) atoms. The second-order valence-electron chi connectivity index (χ2n) is 7.92. The molecule has 0 bridgehead atoms. The molecule has 0 saturated carbocycles. The van der Waals surface area contributed by atoms with Gasteiger partial charge in [-0.25, -0.2) is 4.98 Å². The first-order valence-corrected chi connectivity index (χ1v) is 11.6. The number of aliphatic hydroxyl groups excluding tert-OH is 1. The Kier molecular flexibility index (Phi) is 5.59. The summed E-state index contributed by atoms with van der Waals surface area (Å²) in [7, 11) is 1.54. The molecule has 0 unspecified atom stereocenters. The molecule has 0 radical (unpaired) electrons. The number of thiazole rings is 1. The molecule has 2 heterocycles. The van der Waals surface area contributed by atoms with Crippen LogP contribution in [0.2, 0.25) is 5.02 Å². The van der Waals surface area contributed by atoms with E-state index >= 15 is 0 Å². The Bertz CT molecular complexity index is 1460. The molecule has 1 amide bonds. The number of ether oxygens (including phenoxy) is 1. The van der Waals surface area contributed by atoms with E-state index in [0.717, 1.165) is 15.8 Å². The lowest BCUT2D eigenvalue weighted by molar-refractivity contribution is -0.132. The van der Waals surface area contributed by atoms with E-state index in [4.69, 9.17) is 16.3 Å². The van der Waals surface area contributed by atoms with Crippen molar-refractivity contribution in [3.05, 3.63) is 94.0 Å². The van der Waals surface area contributed by atoms with Crippen molar-refractivity contribution in [1.29, 1.82) is 0 Å². The number of halogens is 1. The predicted octanol–water partition coefficient (Wildman–Crippen LogP) is 5.89. The van der Waals surface area contributed by atoms with Crippen molar-refractivity contribution >= 4 is 55.7 Å². The van der Waals surface area contributed by atoms with Gasteiger partial charge in [0.15, 0.2) is 5.13 Å². The normalized spacial score (nSPS) is 17.5. The van der Waals surface area contributed by atoms with E-state index in [1.54, 1.807) is 55.6 Å². The monoisotopic (exact) mass is 490 g/mol. The number of aliphatic hydroxyl groups is 1. The summed E-state index contributed by atoms with van der Waals surface area (Å²) in [5.41, 5.74) is 2.83. The third-order valence-corrected chi connectivity index (χ3v) is 7.00. The number of methoxy groups -OCH3 is 1. The molecule has 1 atom stereocenters. The highest BCUT2D eigenvalue weighted by Crippen LogP contribution is 2.44. The maximum Gasteiger partial charge on any atom is 0.301 e. The van der Waals surface area contributed by atoms with Crippen molar-refractivity contribution < 1.29 is 19.4 Å². The average Bonchev–Trinajstić information content (AvgIpc) is 3.37. The molecule has 1 saturated heterocycles. The molecule has 0 aliphatic carbocycles. The van der Waals surface area contributed by atoms with Crippen LogP contribution in [0.3, 0.4) is 0 Å². The van der Waals surface area contributed by atoms with Gasteiger partial charge >= 0.3 is 5.91 Å². The molecular weight excluding hydrogens is 472 g/mol. The number of fused-ring (bicyclic) bond motifs is 1. The van der Waals surface area contributed by atoms with Gasteiger partial charge < -0.3 is 9.84 Å². The number of aromatic nitrogens is 1. The third-order valence-electron chi connectivity index (χ3n) is 5.73. The number of carbonyl (C=O) groups is 2. The molecule has 1 aliphatic heterocycles. The molecular formula is C26H19ClN2O4S. The SMILES string of the molecule is COc1ccc(/C(O)=C2\C(=O)C(=O)N(c3nc4ccc(C)cc4s3)[C@@H]2c2ccc(Cl)cc2)cc1. The number of Topliss-reactive ketones (excluding diaryl/α,β-unsaturated/α-hetero) is 1. The second kappa shape index (κ2) is 8.59. The van der Waals surface area contributed by atoms with Crippen LogP contribution in [0.15, 0.2) is 72.3 Å². The molecule has 1 fully saturated rings. The zero-order chi connectivity index (χ0) is 24.0. The largest absolute Gasteiger partial charge is 0.507 e. The van der Waals surface area contributed by atoms with Crippen LogP contribution >= 0.6 is 22.9 Å². The van der Waals surface area contributed by atoms with Crippen LogP contribution in [0.5, 0.6) is 5.75 Å². The molecule has 5 rings (SSSR count). The second-order valence-corrected chi connectivity index (χ2v) is 9.36. The standard InChI is InChI=1S/C26H19ClN2O4S/c1-14-3-12-19-20(13-14)34-26(28-19)29-22(15-4-8-17(27)9-5-15)21(24(31)25(29)32)23(30)16-6-10-18(33-2)11-7-16/h3-13,22,30H,1-2H3/b23-21+/t22-/m1/s1. The van der Waals surface area contributed by atoms with Gasteiger partial charge in [0.2, 0.25) is 0 Å². The Balaban J connectivity index is 1.71. The molecule has 1 aromatic heterocycles. The number of carbonyl (C=O) groups excluding carboxylic acids is 2. The Morgan fingerprint density at radius 1 is 1.06 bits per heavy atom. The van der Waals surface area contributed by atoms with Gasteiger partial charge in [0.1, 0.15) is 11.5 Å². The zero-order valence-corrected chi connectivity index (χ0v) is 19.9. The Hall–Kier alpha value is -3.68. The summed E-state index contributed by atoms with van der Waals surface area (Å²) in [4.78, 5) is 32.6. The highest BCUT2D eigenvalue weighted by Gasteiger charge is 2.48. The van der Waals surface area contributed by atoms with Crippen molar-refractivity contribution in [2.24, 2.45) is 0 Å². The molecule has 1 N–H and O–H groups in total. The number of anilines is 1. The minimum Gasteiger partial charge on any atom is -0.507 e. The summed E-state index contributed by atoms with van der Waals surface area (Å²) in [6.07, 6.45) is 0. The lowest BCUT2D eigenvalue weighted by atomic mass is 9.95. The fraction of sp³-hybridized carbons (Fsp3) is 0.115. The summed E-state index contributed by atoms with van der Waals surface area (Å²) in [6, 6.07) is 18.4. The van der Waals surface area contributed by atoms with Crippen molar-refractivity contribution in [2.45, 2.75) is 13.0 Å². The van der Waals surface area contributed by atoms with E-state index in [0.29, 0.717) is 27.0 Å². The number of hydrogen-bond acceptors (Lipinski definition) is 6. The van der Waals surface area contributed by atoms with Crippen LogP contribution in [0.4, 0.5) is 5.13 Å². The molecule has 8 heteroatoms. The minimum atomic E-state index is -0.860. The number of amides is 1. The summed E-state index contributed by atoms with van der Waals surface area (Å²) in [5, 5.41) is 12.1. The van der Waals surface area contributed by atoms with E-state index in [9.17, 15) is 14.7 Å². The maximum atomic E-state index is 13.3. The van der Waals surface area contributed by atoms with Crippen molar-refractivity contribution in [3.8, 4) is 5.75 Å². The zero-order valence-electron chi connectivity index (χ0n) is 18.3. The summed E-state index contributed by atoms with van der Waals surface area (Å²) >= 11 is 7.42. The highest BCUT2D eigenvalue weighted by atomic mass is 35.5. The smallest absolute Gasteiger partial charge is 0.301 e. The van der Waals surface area contributed by atoms with Gasteiger partial charge in [-0.3, -0.25) is 14.5 Å². The number of hydrogen-bond donors (Lipinski definition) is 1. The van der Waals surface area contributed by atoms with E-state index < -0.39 is 17.7 Å². The molecule has 1 aliphatic rings. The van der Waals surface area contributed by atoms with E-state index in [-0.39, 0.29) is 11.3 Å². The molecule has 0 spiro atoms. The first-order chi connectivity index (χ1) is 16.4. The fourth-order valence-electron chi connectivity index (χ4n) is 4.02. The Morgan fingerprint density at radius 2 is 1.76 bits per heavy atom. The van der Waals surface area contributed by atoms with Gasteiger partial charge in [-0.15, -0.1) is 0 Å². The van der Waals surface area contributed by atoms with E-state index in [2.05, 4.69) is 4.98 Å². The third kappa shape index (κ3) is 3.73. The van der Waals surface area contributed by atoms with Gasteiger partial charge in [0.25, 0.3) is 5.78 Å².